The number of pyridine rings is 1. The highest BCUT2D eigenvalue weighted by atomic mass is 32.1. The molecule has 7 heteroatoms. The summed E-state index contributed by atoms with van der Waals surface area (Å²) in [6.45, 7) is 11.5. The Morgan fingerprint density at radius 1 is 1.32 bits per heavy atom. The molecular formula is C21H31N5OS. The van der Waals surface area contributed by atoms with Crippen LogP contribution in [-0.4, -0.2) is 41.7 Å². The summed E-state index contributed by atoms with van der Waals surface area (Å²) in [6, 6.07) is 2.39. The summed E-state index contributed by atoms with van der Waals surface area (Å²) in [5.41, 5.74) is 1.70. The summed E-state index contributed by atoms with van der Waals surface area (Å²) >= 11 is 1.39. The van der Waals surface area contributed by atoms with Gasteiger partial charge in [-0.15, -0.1) is 17.9 Å². The van der Waals surface area contributed by atoms with Crippen LogP contribution < -0.4 is 15.8 Å². The van der Waals surface area contributed by atoms with E-state index in [1.54, 1.807) is 18.7 Å². The Hall–Kier alpha value is -2.51. The van der Waals surface area contributed by atoms with E-state index in [-0.39, 0.29) is 5.56 Å². The van der Waals surface area contributed by atoms with E-state index in [1.807, 2.05) is 72.0 Å². The van der Waals surface area contributed by atoms with Gasteiger partial charge in [0.2, 0.25) is 0 Å². The normalized spacial score (nSPS) is 11.5. The van der Waals surface area contributed by atoms with E-state index < -0.39 is 0 Å². The van der Waals surface area contributed by atoms with Gasteiger partial charge in [0.25, 0.3) is 5.56 Å². The average molecular weight is 402 g/mol. The van der Waals surface area contributed by atoms with Crippen molar-refractivity contribution in [2.24, 2.45) is 0 Å². The largest absolute Gasteiger partial charge is 0.377 e. The standard InChI is InChI=1S/C14H14N4OS.C5H11N.C2H6/c1-4-7-18-8-16-11-10-9(17(2)3)5-6-15-13(10)20-12(11)14(18)19;1-4-5(2)6-3;1-2/h4-8H,1-3H3;4-6H,1H2,2-3H3;1-2H3/b7-4+;;. The molecule has 0 bridgehead atoms. The van der Waals surface area contributed by atoms with Crippen LogP contribution in [0.2, 0.25) is 0 Å². The molecule has 0 fully saturated rings. The van der Waals surface area contributed by atoms with Gasteiger partial charge in [-0.2, -0.15) is 0 Å². The molecule has 152 valence electrons. The smallest absolute Gasteiger partial charge is 0.275 e. The van der Waals surface area contributed by atoms with Gasteiger partial charge in [0.15, 0.2) is 0 Å². The fourth-order valence-electron chi connectivity index (χ4n) is 2.31. The molecule has 6 nitrogen and oxygen atoms in total. The number of hydrogen-bond donors (Lipinski definition) is 1. The van der Waals surface area contributed by atoms with Crippen molar-refractivity contribution in [3.05, 3.63) is 47.7 Å². The summed E-state index contributed by atoms with van der Waals surface area (Å²) in [4.78, 5) is 24.1. The van der Waals surface area contributed by atoms with Crippen LogP contribution in [0.15, 0.2) is 42.1 Å². The zero-order valence-corrected chi connectivity index (χ0v) is 18.7. The maximum Gasteiger partial charge on any atom is 0.275 e. The van der Waals surface area contributed by atoms with Crippen molar-refractivity contribution in [1.82, 2.24) is 19.9 Å². The zero-order chi connectivity index (χ0) is 21.3. The molecule has 0 amide bonds. The van der Waals surface area contributed by atoms with Gasteiger partial charge in [-0.3, -0.25) is 9.36 Å². The van der Waals surface area contributed by atoms with Gasteiger partial charge in [0.05, 0.1) is 16.6 Å². The Morgan fingerprint density at radius 3 is 2.50 bits per heavy atom. The van der Waals surface area contributed by atoms with Crippen LogP contribution in [0, 0.1) is 0 Å². The summed E-state index contributed by atoms with van der Waals surface area (Å²) in [5, 5.41) is 3.94. The number of nitrogens with one attached hydrogen (secondary N) is 1. The molecule has 0 aromatic carbocycles. The van der Waals surface area contributed by atoms with Crippen LogP contribution in [0.25, 0.3) is 26.6 Å². The number of fused-ring (bicyclic) bond motifs is 3. The minimum absolute atomic E-state index is 0.0548. The van der Waals surface area contributed by atoms with Gasteiger partial charge in [-0.05, 0) is 27.0 Å². The van der Waals surface area contributed by atoms with Crippen molar-refractivity contribution in [3.8, 4) is 0 Å². The predicted molar refractivity (Wildman–Crippen MR) is 125 cm³/mol. The van der Waals surface area contributed by atoms with Gasteiger partial charge >= 0.3 is 0 Å². The van der Waals surface area contributed by atoms with Gasteiger partial charge < -0.3 is 10.2 Å². The van der Waals surface area contributed by atoms with Crippen LogP contribution >= 0.6 is 11.3 Å². The number of thiophene rings is 1. The van der Waals surface area contributed by atoms with E-state index >= 15 is 0 Å². The van der Waals surface area contributed by atoms with Crippen LogP contribution in [-0.2, 0) is 0 Å². The summed E-state index contributed by atoms with van der Waals surface area (Å²) in [7, 11) is 5.85. The highest BCUT2D eigenvalue weighted by Gasteiger charge is 2.15. The molecule has 0 radical (unpaired) electrons. The van der Waals surface area contributed by atoms with E-state index in [4.69, 9.17) is 0 Å². The molecule has 0 aliphatic carbocycles. The minimum atomic E-state index is -0.0548. The Labute approximate surface area is 171 Å². The SMILES string of the molecule is C/C=C/n1cnc2c(sc3nccc(N(C)C)c32)c1=O.C=CC(C)NC.CC. The second kappa shape index (κ2) is 11.4. The van der Waals surface area contributed by atoms with Crippen molar-refractivity contribution >= 4 is 43.7 Å². The second-order valence-corrected chi connectivity index (χ2v) is 6.94. The zero-order valence-electron chi connectivity index (χ0n) is 17.9. The van der Waals surface area contributed by atoms with Crippen molar-refractivity contribution in [2.45, 2.75) is 33.7 Å². The highest BCUT2D eigenvalue weighted by molar-refractivity contribution is 7.25. The Kier molecular flexibility index (Phi) is 9.55. The van der Waals surface area contributed by atoms with Gasteiger partial charge in [-0.1, -0.05) is 26.0 Å². The number of rotatable bonds is 4. The third kappa shape index (κ3) is 5.27. The van der Waals surface area contributed by atoms with Crippen molar-refractivity contribution < 1.29 is 0 Å². The molecule has 0 saturated carbocycles. The Balaban J connectivity index is 0.000000422. The van der Waals surface area contributed by atoms with E-state index in [0.29, 0.717) is 10.7 Å². The first-order valence-corrected chi connectivity index (χ1v) is 10.1. The lowest BCUT2D eigenvalue weighted by Crippen LogP contribution is -2.17. The predicted octanol–water partition coefficient (Wildman–Crippen LogP) is 4.37. The number of anilines is 1. The number of likely N-dealkylation sites (N-methyl/N-ethyl adjacent to an activating group) is 1. The van der Waals surface area contributed by atoms with Crippen molar-refractivity contribution in [2.75, 3.05) is 26.0 Å². The van der Waals surface area contributed by atoms with E-state index in [9.17, 15) is 4.79 Å². The van der Waals surface area contributed by atoms with E-state index in [0.717, 1.165) is 21.4 Å². The lowest BCUT2D eigenvalue weighted by atomic mass is 10.2. The van der Waals surface area contributed by atoms with Gasteiger partial charge in [-0.25, -0.2) is 9.97 Å². The number of nitrogens with zero attached hydrogens (tertiary/aromatic N) is 4. The summed E-state index contributed by atoms with van der Waals surface area (Å²) in [6.07, 6.45) is 8.70. The molecule has 3 aromatic heterocycles. The maximum atomic E-state index is 12.4. The monoisotopic (exact) mass is 401 g/mol. The van der Waals surface area contributed by atoms with E-state index in [2.05, 4.69) is 21.9 Å². The van der Waals surface area contributed by atoms with Crippen LogP contribution in [0.4, 0.5) is 5.69 Å². The third-order valence-electron chi connectivity index (χ3n) is 3.89. The molecule has 3 rings (SSSR count). The minimum Gasteiger partial charge on any atom is -0.377 e. The number of allylic oxidation sites excluding steroid dienone is 1. The lowest BCUT2D eigenvalue weighted by molar-refractivity contribution is 0.730. The lowest BCUT2D eigenvalue weighted by Gasteiger charge is -2.13. The van der Waals surface area contributed by atoms with Gasteiger partial charge in [0, 0.05) is 32.5 Å². The van der Waals surface area contributed by atoms with Crippen LogP contribution in [0.3, 0.4) is 0 Å². The molecule has 1 N–H and O–H groups in total. The molecule has 3 aromatic rings. The van der Waals surface area contributed by atoms with Gasteiger partial charge in [0.1, 0.15) is 15.9 Å². The molecule has 28 heavy (non-hydrogen) atoms. The third-order valence-corrected chi connectivity index (χ3v) is 4.96. The molecular weight excluding hydrogens is 370 g/mol. The maximum absolute atomic E-state index is 12.4. The number of aromatic nitrogens is 3. The first kappa shape index (κ1) is 23.5. The average Bonchev–Trinajstić information content (AvgIpc) is 3.11. The topological polar surface area (TPSA) is 63.1 Å². The molecule has 3 heterocycles. The quantitative estimate of drug-likeness (QED) is 0.658. The molecule has 0 saturated heterocycles. The molecule has 0 spiro atoms. The van der Waals surface area contributed by atoms with E-state index in [1.165, 1.54) is 15.9 Å². The molecule has 0 aliphatic rings. The van der Waals surface area contributed by atoms with Crippen molar-refractivity contribution in [3.63, 3.8) is 0 Å². The number of hydrogen-bond acceptors (Lipinski definition) is 6. The fraction of sp³-hybridized carbons (Fsp3) is 0.381. The summed E-state index contributed by atoms with van der Waals surface area (Å²) in [5.74, 6) is 0. The summed E-state index contributed by atoms with van der Waals surface area (Å²) < 4.78 is 2.13. The molecule has 1 atom stereocenters. The van der Waals surface area contributed by atoms with Crippen LogP contribution in [0.1, 0.15) is 27.7 Å². The first-order chi connectivity index (χ1) is 13.4. The second-order valence-electron chi connectivity index (χ2n) is 5.94. The van der Waals surface area contributed by atoms with Crippen molar-refractivity contribution in [1.29, 1.82) is 0 Å². The van der Waals surface area contributed by atoms with Crippen LogP contribution in [0.5, 0.6) is 0 Å². The Morgan fingerprint density at radius 2 is 2.00 bits per heavy atom. The first-order valence-electron chi connectivity index (χ1n) is 9.32. The Bertz CT molecular complexity index is 988. The highest BCUT2D eigenvalue weighted by Crippen LogP contribution is 2.34. The molecule has 0 aliphatic heterocycles. The fourth-order valence-corrected chi connectivity index (χ4v) is 3.36. The molecule has 1 unspecified atom stereocenters.